The van der Waals surface area contributed by atoms with Gasteiger partial charge in [0.1, 0.15) is 12.4 Å². The van der Waals surface area contributed by atoms with Gasteiger partial charge in [0, 0.05) is 12.7 Å². The fraction of sp³-hybridized carbons (Fsp3) is 0.455. The van der Waals surface area contributed by atoms with Crippen LogP contribution in [-0.2, 0) is 11.3 Å². The topological polar surface area (TPSA) is 82.3 Å². The smallest absolute Gasteiger partial charge is 0.220 e. The van der Waals surface area contributed by atoms with Crippen LogP contribution in [0.1, 0.15) is 19.7 Å². The van der Waals surface area contributed by atoms with Gasteiger partial charge in [0.2, 0.25) is 5.88 Å². The summed E-state index contributed by atoms with van der Waals surface area (Å²) >= 11 is 0. The number of nitrogen functional groups attached to an aromatic ring is 1. The second kappa shape index (κ2) is 6.68. The number of nitrogens with one attached hydrogen (secondary N) is 1. The van der Waals surface area contributed by atoms with Crippen molar-refractivity contribution in [1.29, 1.82) is 0 Å². The molecule has 17 heavy (non-hydrogen) atoms. The molecule has 92 valence electrons. The van der Waals surface area contributed by atoms with Gasteiger partial charge < -0.3 is 14.9 Å². The third-order valence-electron chi connectivity index (χ3n) is 1.86. The summed E-state index contributed by atoms with van der Waals surface area (Å²) in [6.07, 6.45) is 4.86. The molecule has 0 bridgehead atoms. The van der Waals surface area contributed by atoms with Crippen molar-refractivity contribution in [3.63, 3.8) is 0 Å². The number of hydrogen-bond acceptors (Lipinski definition) is 6. The normalized spacial score (nSPS) is 11.6. The van der Waals surface area contributed by atoms with E-state index in [-0.39, 0.29) is 6.10 Å². The Morgan fingerprint density at radius 3 is 2.94 bits per heavy atom. The standard InChI is InChI=1S/C11H16N4O2/c1-4-8(3)17-11-6-9(15-12)13-10(14-11)7-16-5-2/h1,6,8H,5,7,12H2,2-3H3,(H,13,14,15). The summed E-state index contributed by atoms with van der Waals surface area (Å²) in [7, 11) is 0. The molecule has 0 saturated heterocycles. The van der Waals surface area contributed by atoms with Crippen LogP contribution in [0.3, 0.4) is 0 Å². The average Bonchev–Trinajstić information content (AvgIpc) is 2.35. The van der Waals surface area contributed by atoms with Gasteiger partial charge in [-0.3, -0.25) is 0 Å². The molecule has 1 rings (SSSR count). The van der Waals surface area contributed by atoms with Crippen molar-refractivity contribution in [2.24, 2.45) is 5.84 Å². The van der Waals surface area contributed by atoms with Crippen LogP contribution in [0.15, 0.2) is 6.07 Å². The van der Waals surface area contributed by atoms with E-state index in [1.165, 1.54) is 0 Å². The zero-order valence-electron chi connectivity index (χ0n) is 9.93. The predicted molar refractivity (Wildman–Crippen MR) is 64.1 cm³/mol. The maximum Gasteiger partial charge on any atom is 0.220 e. The molecule has 1 heterocycles. The molecule has 0 aliphatic carbocycles. The molecular weight excluding hydrogens is 220 g/mol. The lowest BCUT2D eigenvalue weighted by Gasteiger charge is -2.10. The number of aromatic nitrogens is 2. The number of hydrogen-bond donors (Lipinski definition) is 2. The molecular formula is C11H16N4O2. The molecule has 0 fully saturated rings. The van der Waals surface area contributed by atoms with Gasteiger partial charge in [-0.25, -0.2) is 10.8 Å². The summed E-state index contributed by atoms with van der Waals surface area (Å²) in [6.45, 7) is 4.52. The van der Waals surface area contributed by atoms with Gasteiger partial charge in [0.05, 0.1) is 0 Å². The number of terminal acetylenes is 1. The maximum atomic E-state index is 5.39. The van der Waals surface area contributed by atoms with E-state index in [1.54, 1.807) is 13.0 Å². The highest BCUT2D eigenvalue weighted by Gasteiger charge is 2.07. The third kappa shape index (κ3) is 4.26. The van der Waals surface area contributed by atoms with Gasteiger partial charge in [-0.15, -0.1) is 6.42 Å². The first-order valence-corrected chi connectivity index (χ1v) is 5.24. The van der Waals surface area contributed by atoms with Crippen molar-refractivity contribution in [2.75, 3.05) is 12.0 Å². The molecule has 0 aliphatic rings. The molecule has 6 nitrogen and oxygen atoms in total. The lowest BCUT2D eigenvalue weighted by atomic mass is 10.4. The van der Waals surface area contributed by atoms with Crippen LogP contribution in [0.4, 0.5) is 5.82 Å². The lowest BCUT2D eigenvalue weighted by Crippen LogP contribution is -2.14. The first-order chi connectivity index (χ1) is 8.19. The van der Waals surface area contributed by atoms with Gasteiger partial charge in [-0.1, -0.05) is 5.92 Å². The largest absolute Gasteiger partial charge is 0.461 e. The summed E-state index contributed by atoms with van der Waals surface area (Å²) in [4.78, 5) is 8.28. The van der Waals surface area contributed by atoms with E-state index in [1.807, 2.05) is 6.92 Å². The van der Waals surface area contributed by atoms with Gasteiger partial charge in [0.15, 0.2) is 11.9 Å². The second-order valence-corrected chi connectivity index (χ2v) is 3.22. The van der Waals surface area contributed by atoms with E-state index in [4.69, 9.17) is 21.7 Å². The average molecular weight is 236 g/mol. The molecule has 0 aromatic carbocycles. The highest BCUT2D eigenvalue weighted by Crippen LogP contribution is 2.14. The highest BCUT2D eigenvalue weighted by molar-refractivity contribution is 5.37. The summed E-state index contributed by atoms with van der Waals surface area (Å²) in [5.74, 6) is 9.06. The Balaban J connectivity index is 2.85. The Morgan fingerprint density at radius 2 is 2.35 bits per heavy atom. The summed E-state index contributed by atoms with van der Waals surface area (Å²) < 4.78 is 10.6. The zero-order valence-corrected chi connectivity index (χ0v) is 9.93. The van der Waals surface area contributed by atoms with Crippen molar-refractivity contribution >= 4 is 5.82 Å². The Kier molecular flexibility index (Phi) is 5.20. The third-order valence-corrected chi connectivity index (χ3v) is 1.86. The van der Waals surface area contributed by atoms with Crippen molar-refractivity contribution in [3.05, 3.63) is 11.9 Å². The minimum absolute atomic E-state index is 0.298. The molecule has 0 spiro atoms. The van der Waals surface area contributed by atoms with Crippen LogP contribution < -0.4 is 16.0 Å². The number of hydrazine groups is 1. The lowest BCUT2D eigenvalue weighted by molar-refractivity contribution is 0.127. The molecule has 0 aliphatic heterocycles. The van der Waals surface area contributed by atoms with Crippen LogP contribution in [0.2, 0.25) is 0 Å². The number of nitrogens with two attached hydrogens (primary N) is 1. The molecule has 1 aromatic rings. The van der Waals surface area contributed by atoms with E-state index >= 15 is 0 Å². The number of ether oxygens (including phenoxy) is 2. The SMILES string of the molecule is C#CC(C)Oc1cc(NN)nc(COCC)n1. The van der Waals surface area contributed by atoms with E-state index in [2.05, 4.69) is 21.3 Å². The summed E-state index contributed by atoms with van der Waals surface area (Å²) in [5, 5.41) is 0. The van der Waals surface area contributed by atoms with Gasteiger partial charge >= 0.3 is 0 Å². The molecule has 1 unspecified atom stereocenters. The van der Waals surface area contributed by atoms with Crippen LogP contribution in [0, 0.1) is 12.3 Å². The molecule has 0 radical (unpaired) electrons. The van der Waals surface area contributed by atoms with E-state index in [0.717, 1.165) is 0 Å². The van der Waals surface area contributed by atoms with E-state index in [9.17, 15) is 0 Å². The van der Waals surface area contributed by atoms with Crippen molar-refractivity contribution in [3.8, 4) is 18.2 Å². The molecule has 3 N–H and O–H groups in total. The quantitative estimate of drug-likeness (QED) is 0.430. The maximum absolute atomic E-state index is 5.39. The fourth-order valence-electron chi connectivity index (χ4n) is 1.08. The van der Waals surface area contributed by atoms with Crippen molar-refractivity contribution < 1.29 is 9.47 Å². The van der Waals surface area contributed by atoms with Crippen LogP contribution in [0.5, 0.6) is 5.88 Å². The Hall–Kier alpha value is -1.84. The highest BCUT2D eigenvalue weighted by atomic mass is 16.5. The van der Waals surface area contributed by atoms with Crippen molar-refractivity contribution in [1.82, 2.24) is 9.97 Å². The van der Waals surface area contributed by atoms with Crippen LogP contribution >= 0.6 is 0 Å². The Morgan fingerprint density at radius 1 is 1.59 bits per heavy atom. The van der Waals surface area contributed by atoms with Gasteiger partial charge in [-0.05, 0) is 13.8 Å². The fourth-order valence-corrected chi connectivity index (χ4v) is 1.08. The molecule has 1 aromatic heterocycles. The Bertz CT molecular complexity index is 403. The Labute approximate surface area is 101 Å². The number of nitrogens with zero attached hydrogens (tertiary/aromatic N) is 2. The molecule has 0 saturated carbocycles. The zero-order chi connectivity index (χ0) is 12.7. The minimum atomic E-state index is -0.365. The van der Waals surface area contributed by atoms with Gasteiger partial charge in [-0.2, -0.15) is 4.98 Å². The summed E-state index contributed by atoms with van der Waals surface area (Å²) in [5.41, 5.74) is 2.44. The van der Waals surface area contributed by atoms with Crippen LogP contribution in [0.25, 0.3) is 0 Å². The number of anilines is 1. The summed E-state index contributed by atoms with van der Waals surface area (Å²) in [6, 6.07) is 1.57. The molecule has 0 amide bonds. The molecule has 1 atom stereocenters. The first-order valence-electron chi connectivity index (χ1n) is 5.24. The minimum Gasteiger partial charge on any atom is -0.461 e. The van der Waals surface area contributed by atoms with Crippen molar-refractivity contribution in [2.45, 2.75) is 26.6 Å². The number of rotatable bonds is 6. The monoisotopic (exact) mass is 236 g/mol. The van der Waals surface area contributed by atoms with Gasteiger partial charge in [0.25, 0.3) is 0 Å². The first kappa shape index (κ1) is 13.2. The van der Waals surface area contributed by atoms with Crippen LogP contribution in [-0.4, -0.2) is 22.7 Å². The second-order valence-electron chi connectivity index (χ2n) is 3.22. The van der Waals surface area contributed by atoms with E-state index < -0.39 is 0 Å². The van der Waals surface area contributed by atoms with E-state index in [0.29, 0.717) is 30.7 Å². The predicted octanol–water partition coefficient (Wildman–Crippen LogP) is 0.699. The molecule has 6 heteroatoms.